The molecule has 5 nitrogen and oxygen atoms in total. The van der Waals surface area contributed by atoms with Crippen molar-refractivity contribution in [2.75, 3.05) is 13.1 Å². The lowest BCUT2D eigenvalue weighted by molar-refractivity contribution is 0.0705. The van der Waals surface area contributed by atoms with Gasteiger partial charge in [-0.1, -0.05) is 0 Å². The van der Waals surface area contributed by atoms with Crippen LogP contribution in [0.2, 0.25) is 0 Å². The molecular weight excluding hydrogens is 252 g/mol. The van der Waals surface area contributed by atoms with Crippen molar-refractivity contribution in [3.05, 3.63) is 54.4 Å². The summed E-state index contributed by atoms with van der Waals surface area (Å²) < 4.78 is 0. The van der Waals surface area contributed by atoms with Crippen LogP contribution in [-0.2, 0) is 0 Å². The molecule has 20 heavy (non-hydrogen) atoms. The molecule has 0 aliphatic carbocycles. The van der Waals surface area contributed by atoms with Crippen molar-refractivity contribution in [3.8, 4) is 0 Å². The molecule has 0 N–H and O–H groups in total. The molecule has 3 heterocycles. The second kappa shape index (κ2) is 5.77. The van der Waals surface area contributed by atoms with Gasteiger partial charge in [0.25, 0.3) is 5.91 Å². The summed E-state index contributed by atoms with van der Waals surface area (Å²) in [7, 11) is 0. The Labute approximate surface area is 117 Å². The molecule has 2 aromatic heterocycles. The quantitative estimate of drug-likeness (QED) is 0.834. The summed E-state index contributed by atoms with van der Waals surface area (Å²) >= 11 is 0. The fourth-order valence-corrected chi connectivity index (χ4v) is 2.60. The van der Waals surface area contributed by atoms with Gasteiger partial charge in [0.1, 0.15) is 0 Å². The molecule has 0 saturated carbocycles. The average Bonchev–Trinajstić information content (AvgIpc) is 2.56. The number of rotatable bonds is 2. The minimum Gasteiger partial charge on any atom is -0.338 e. The molecule has 1 saturated heterocycles. The van der Waals surface area contributed by atoms with Crippen molar-refractivity contribution in [3.63, 3.8) is 0 Å². The average molecular weight is 268 g/mol. The van der Waals surface area contributed by atoms with Crippen LogP contribution in [0, 0.1) is 0 Å². The lowest BCUT2D eigenvalue weighted by atomic mass is 9.94. The van der Waals surface area contributed by atoms with Crippen molar-refractivity contribution in [1.29, 1.82) is 0 Å². The van der Waals surface area contributed by atoms with Crippen molar-refractivity contribution in [2.45, 2.75) is 18.8 Å². The first-order chi connectivity index (χ1) is 9.84. The Balaban J connectivity index is 1.74. The highest BCUT2D eigenvalue weighted by molar-refractivity contribution is 5.93. The highest BCUT2D eigenvalue weighted by Gasteiger charge is 2.26. The lowest BCUT2D eigenvalue weighted by Crippen LogP contribution is -2.39. The molecule has 102 valence electrons. The van der Waals surface area contributed by atoms with Crippen LogP contribution in [0.5, 0.6) is 0 Å². The normalized spacial score (nSPS) is 18.8. The Morgan fingerprint density at radius 2 is 2.10 bits per heavy atom. The highest BCUT2D eigenvalue weighted by Crippen LogP contribution is 2.25. The number of pyridine rings is 1. The monoisotopic (exact) mass is 268 g/mol. The first-order valence-corrected chi connectivity index (χ1v) is 6.80. The van der Waals surface area contributed by atoms with Gasteiger partial charge in [-0.05, 0) is 25.0 Å². The van der Waals surface area contributed by atoms with Gasteiger partial charge in [-0.15, -0.1) is 0 Å². The van der Waals surface area contributed by atoms with E-state index < -0.39 is 0 Å². The lowest BCUT2D eigenvalue weighted by Gasteiger charge is -2.32. The molecule has 2 aromatic rings. The molecule has 0 spiro atoms. The molecule has 1 amide bonds. The van der Waals surface area contributed by atoms with Gasteiger partial charge in [-0.3, -0.25) is 19.7 Å². The minimum atomic E-state index is 0.0479. The molecule has 3 rings (SSSR count). The van der Waals surface area contributed by atoms with Crippen LogP contribution >= 0.6 is 0 Å². The van der Waals surface area contributed by atoms with E-state index in [-0.39, 0.29) is 11.8 Å². The Morgan fingerprint density at radius 1 is 1.20 bits per heavy atom. The van der Waals surface area contributed by atoms with Crippen LogP contribution in [0.15, 0.2) is 43.1 Å². The summed E-state index contributed by atoms with van der Waals surface area (Å²) in [5.74, 6) is 0.324. The van der Waals surface area contributed by atoms with Gasteiger partial charge in [-0.25, -0.2) is 0 Å². The maximum absolute atomic E-state index is 12.4. The maximum atomic E-state index is 12.4. The third-order valence-corrected chi connectivity index (χ3v) is 3.62. The Kier molecular flexibility index (Phi) is 3.67. The number of likely N-dealkylation sites (tertiary alicyclic amines) is 1. The summed E-state index contributed by atoms with van der Waals surface area (Å²) in [6, 6.07) is 3.60. The van der Waals surface area contributed by atoms with Crippen LogP contribution in [-0.4, -0.2) is 38.8 Å². The number of aromatic nitrogens is 3. The molecule has 1 fully saturated rings. The summed E-state index contributed by atoms with van der Waals surface area (Å²) in [6.45, 7) is 1.50. The molecule has 1 aliphatic rings. The van der Waals surface area contributed by atoms with Crippen LogP contribution in [0.25, 0.3) is 0 Å². The number of amides is 1. The van der Waals surface area contributed by atoms with E-state index in [4.69, 9.17) is 0 Å². The van der Waals surface area contributed by atoms with Crippen molar-refractivity contribution in [2.24, 2.45) is 0 Å². The molecule has 0 radical (unpaired) electrons. The van der Waals surface area contributed by atoms with Crippen molar-refractivity contribution in [1.82, 2.24) is 19.9 Å². The predicted octanol–water partition coefficient (Wildman–Crippen LogP) is 1.89. The zero-order chi connectivity index (χ0) is 13.8. The van der Waals surface area contributed by atoms with E-state index in [9.17, 15) is 4.79 Å². The summed E-state index contributed by atoms with van der Waals surface area (Å²) in [5.41, 5.74) is 1.61. The number of nitrogens with zero attached hydrogens (tertiary/aromatic N) is 4. The number of hydrogen-bond donors (Lipinski definition) is 0. The summed E-state index contributed by atoms with van der Waals surface area (Å²) in [4.78, 5) is 26.8. The number of carbonyl (C=O) groups is 1. The summed E-state index contributed by atoms with van der Waals surface area (Å²) in [5, 5.41) is 0. The van der Waals surface area contributed by atoms with Gasteiger partial charge < -0.3 is 4.90 Å². The predicted molar refractivity (Wildman–Crippen MR) is 74.1 cm³/mol. The highest BCUT2D eigenvalue weighted by atomic mass is 16.2. The molecule has 1 aliphatic heterocycles. The Hall–Kier alpha value is -2.30. The minimum absolute atomic E-state index is 0.0479. The standard InChI is InChI=1S/C15H16N4O/c20-15(12-3-1-5-16-9-12)19-8-2-4-13(11-19)14-10-17-6-7-18-14/h1,3,5-7,9-10,13H,2,4,8,11H2/t13-/m1/s1. The largest absolute Gasteiger partial charge is 0.338 e. The molecule has 0 aromatic carbocycles. The van der Waals surface area contributed by atoms with Crippen LogP contribution < -0.4 is 0 Å². The van der Waals surface area contributed by atoms with Gasteiger partial charge in [-0.2, -0.15) is 0 Å². The number of hydrogen-bond acceptors (Lipinski definition) is 4. The third kappa shape index (κ3) is 2.66. The van der Waals surface area contributed by atoms with E-state index in [0.717, 1.165) is 25.1 Å². The molecule has 0 unspecified atom stereocenters. The van der Waals surface area contributed by atoms with E-state index in [1.165, 1.54) is 0 Å². The molecule has 5 heteroatoms. The van der Waals surface area contributed by atoms with Crippen LogP contribution in [0.3, 0.4) is 0 Å². The van der Waals surface area contributed by atoms with Gasteiger partial charge in [0.05, 0.1) is 11.3 Å². The van der Waals surface area contributed by atoms with E-state index in [2.05, 4.69) is 15.0 Å². The number of carbonyl (C=O) groups excluding carboxylic acids is 1. The summed E-state index contributed by atoms with van der Waals surface area (Å²) in [6.07, 6.45) is 10.5. The van der Waals surface area contributed by atoms with E-state index in [0.29, 0.717) is 12.1 Å². The van der Waals surface area contributed by atoms with Crippen LogP contribution in [0.1, 0.15) is 34.8 Å². The zero-order valence-electron chi connectivity index (χ0n) is 11.1. The van der Waals surface area contributed by atoms with Gasteiger partial charge in [0.15, 0.2) is 0 Å². The van der Waals surface area contributed by atoms with E-state index in [1.54, 1.807) is 43.1 Å². The van der Waals surface area contributed by atoms with Gasteiger partial charge >= 0.3 is 0 Å². The fourth-order valence-electron chi connectivity index (χ4n) is 2.60. The Morgan fingerprint density at radius 3 is 2.85 bits per heavy atom. The molecular formula is C15H16N4O. The second-order valence-corrected chi connectivity index (χ2v) is 4.96. The van der Waals surface area contributed by atoms with E-state index >= 15 is 0 Å². The topological polar surface area (TPSA) is 59.0 Å². The third-order valence-electron chi connectivity index (χ3n) is 3.62. The number of piperidine rings is 1. The first-order valence-electron chi connectivity index (χ1n) is 6.80. The second-order valence-electron chi connectivity index (χ2n) is 4.96. The SMILES string of the molecule is O=C(c1cccnc1)N1CCC[C@@H](c2cnccn2)C1. The van der Waals surface area contributed by atoms with Crippen LogP contribution in [0.4, 0.5) is 0 Å². The molecule has 0 bridgehead atoms. The smallest absolute Gasteiger partial charge is 0.255 e. The van der Waals surface area contributed by atoms with Gasteiger partial charge in [0.2, 0.25) is 0 Å². The maximum Gasteiger partial charge on any atom is 0.255 e. The zero-order valence-corrected chi connectivity index (χ0v) is 11.1. The van der Waals surface area contributed by atoms with Gasteiger partial charge in [0, 0.05) is 50.0 Å². The van der Waals surface area contributed by atoms with Crippen molar-refractivity contribution >= 4 is 5.91 Å². The Bertz CT molecular complexity index is 573. The molecule has 1 atom stereocenters. The van der Waals surface area contributed by atoms with E-state index in [1.807, 2.05) is 4.90 Å². The fraction of sp³-hybridized carbons (Fsp3) is 0.333. The first kappa shape index (κ1) is 12.7. The van der Waals surface area contributed by atoms with Crippen molar-refractivity contribution < 1.29 is 4.79 Å².